The minimum absolute atomic E-state index is 0.243. The molecule has 1 heterocycles. The summed E-state index contributed by atoms with van der Waals surface area (Å²) in [5, 5.41) is 8.75. The Labute approximate surface area is 127 Å². The molecule has 116 valence electrons. The predicted molar refractivity (Wildman–Crippen MR) is 84.6 cm³/mol. The molecule has 0 bridgehead atoms. The molecule has 0 amide bonds. The number of rotatable bonds is 5. The highest BCUT2D eigenvalue weighted by atomic mass is 16.4. The van der Waals surface area contributed by atoms with E-state index in [-0.39, 0.29) is 6.42 Å². The lowest BCUT2D eigenvalue weighted by Crippen LogP contribution is -2.47. The second-order valence-corrected chi connectivity index (χ2v) is 6.12. The number of aliphatic carboxylic acids is 1. The summed E-state index contributed by atoms with van der Waals surface area (Å²) in [4.78, 5) is 15.4. The van der Waals surface area contributed by atoms with Crippen molar-refractivity contribution in [2.45, 2.75) is 33.2 Å². The fourth-order valence-corrected chi connectivity index (χ4v) is 3.09. The maximum atomic E-state index is 10.6. The van der Waals surface area contributed by atoms with E-state index < -0.39 is 5.97 Å². The largest absolute Gasteiger partial charge is 0.481 e. The van der Waals surface area contributed by atoms with Crippen LogP contribution < -0.4 is 0 Å². The van der Waals surface area contributed by atoms with E-state index in [4.69, 9.17) is 5.11 Å². The van der Waals surface area contributed by atoms with Crippen molar-refractivity contribution in [3.63, 3.8) is 0 Å². The first-order chi connectivity index (χ1) is 9.95. The topological polar surface area (TPSA) is 43.8 Å². The fraction of sp³-hybridized carbons (Fsp3) is 0.588. The minimum atomic E-state index is -0.707. The number of aryl methyl sites for hydroxylation is 2. The van der Waals surface area contributed by atoms with Crippen molar-refractivity contribution < 1.29 is 9.90 Å². The molecule has 0 saturated carbocycles. The van der Waals surface area contributed by atoms with Crippen LogP contribution in [0.4, 0.5) is 0 Å². The lowest BCUT2D eigenvalue weighted by Gasteiger charge is -2.38. The van der Waals surface area contributed by atoms with Gasteiger partial charge in [-0.15, -0.1) is 0 Å². The van der Waals surface area contributed by atoms with Crippen LogP contribution in [0.1, 0.15) is 36.1 Å². The van der Waals surface area contributed by atoms with Gasteiger partial charge in [-0.2, -0.15) is 0 Å². The molecular formula is C17H26N2O2. The normalized spacial score (nSPS) is 18.6. The Morgan fingerprint density at radius 2 is 1.71 bits per heavy atom. The van der Waals surface area contributed by atoms with Crippen LogP contribution in [0.2, 0.25) is 0 Å². The number of carboxylic acids is 1. The number of benzene rings is 1. The molecule has 0 aliphatic carbocycles. The van der Waals surface area contributed by atoms with Crippen LogP contribution in [-0.4, -0.2) is 53.6 Å². The van der Waals surface area contributed by atoms with Crippen molar-refractivity contribution in [2.24, 2.45) is 0 Å². The van der Waals surface area contributed by atoms with Crippen LogP contribution in [0.25, 0.3) is 0 Å². The van der Waals surface area contributed by atoms with Gasteiger partial charge >= 0.3 is 5.97 Å². The lowest BCUT2D eigenvalue weighted by atomic mass is 10.0. The summed E-state index contributed by atoms with van der Waals surface area (Å²) in [6.45, 7) is 11.2. The summed E-state index contributed by atoms with van der Waals surface area (Å²) in [5.74, 6) is -0.707. The zero-order valence-corrected chi connectivity index (χ0v) is 13.3. The first-order valence-electron chi connectivity index (χ1n) is 7.72. The van der Waals surface area contributed by atoms with Crippen LogP contribution in [-0.2, 0) is 4.79 Å². The van der Waals surface area contributed by atoms with Crippen LogP contribution >= 0.6 is 0 Å². The molecule has 1 unspecified atom stereocenters. The average molecular weight is 290 g/mol. The number of carbonyl (C=O) groups is 1. The summed E-state index contributed by atoms with van der Waals surface area (Å²) in [6.07, 6.45) is 0.243. The third-order valence-corrected chi connectivity index (χ3v) is 4.32. The van der Waals surface area contributed by atoms with Crippen molar-refractivity contribution in [3.05, 3.63) is 34.9 Å². The average Bonchev–Trinajstić information content (AvgIpc) is 2.44. The van der Waals surface area contributed by atoms with Gasteiger partial charge in [0.25, 0.3) is 0 Å². The van der Waals surface area contributed by atoms with Crippen LogP contribution in [0.3, 0.4) is 0 Å². The van der Waals surface area contributed by atoms with E-state index in [0.29, 0.717) is 12.6 Å². The van der Waals surface area contributed by atoms with Gasteiger partial charge in [0, 0.05) is 38.8 Å². The number of carboxylic acid groups (broad SMARTS) is 1. The zero-order valence-electron chi connectivity index (χ0n) is 13.3. The van der Waals surface area contributed by atoms with E-state index in [0.717, 1.165) is 26.2 Å². The van der Waals surface area contributed by atoms with Gasteiger partial charge in [0.2, 0.25) is 0 Å². The number of piperazine rings is 1. The Bertz CT molecular complexity index is 473. The van der Waals surface area contributed by atoms with Crippen LogP contribution in [0, 0.1) is 13.8 Å². The zero-order chi connectivity index (χ0) is 15.4. The number of hydrogen-bond donors (Lipinski definition) is 1. The van der Waals surface area contributed by atoms with Crippen molar-refractivity contribution >= 4 is 5.97 Å². The van der Waals surface area contributed by atoms with Crippen molar-refractivity contribution in [2.75, 3.05) is 32.7 Å². The summed E-state index contributed by atoms with van der Waals surface area (Å²) in [5.41, 5.74) is 4.01. The van der Waals surface area contributed by atoms with Crippen molar-refractivity contribution in [1.29, 1.82) is 0 Å². The minimum Gasteiger partial charge on any atom is -0.481 e. The van der Waals surface area contributed by atoms with Crippen molar-refractivity contribution in [1.82, 2.24) is 9.80 Å². The van der Waals surface area contributed by atoms with Crippen LogP contribution in [0.5, 0.6) is 0 Å². The molecule has 21 heavy (non-hydrogen) atoms. The highest BCUT2D eigenvalue weighted by Crippen LogP contribution is 2.23. The molecule has 1 aliphatic heterocycles. The molecule has 0 aromatic heterocycles. The molecule has 1 atom stereocenters. The van der Waals surface area contributed by atoms with Gasteiger partial charge in [-0.25, -0.2) is 0 Å². The van der Waals surface area contributed by atoms with E-state index in [1.165, 1.54) is 16.7 Å². The molecule has 1 aromatic rings. The van der Waals surface area contributed by atoms with Crippen LogP contribution in [0.15, 0.2) is 18.2 Å². The van der Waals surface area contributed by atoms with E-state index >= 15 is 0 Å². The Balaban J connectivity index is 1.90. The van der Waals surface area contributed by atoms with E-state index in [1.54, 1.807) is 0 Å². The van der Waals surface area contributed by atoms with Gasteiger partial charge in [-0.3, -0.25) is 9.69 Å². The summed E-state index contributed by atoms with van der Waals surface area (Å²) in [6, 6.07) is 7.17. The Morgan fingerprint density at radius 3 is 2.24 bits per heavy atom. The first-order valence-corrected chi connectivity index (χ1v) is 7.72. The summed E-state index contributed by atoms with van der Waals surface area (Å²) >= 11 is 0. The van der Waals surface area contributed by atoms with E-state index in [1.807, 2.05) is 0 Å². The lowest BCUT2D eigenvalue weighted by molar-refractivity contribution is -0.137. The Morgan fingerprint density at radius 1 is 1.14 bits per heavy atom. The number of nitrogens with zero attached hydrogens (tertiary/aromatic N) is 2. The molecule has 2 rings (SSSR count). The molecule has 1 saturated heterocycles. The van der Waals surface area contributed by atoms with E-state index in [2.05, 4.69) is 48.8 Å². The van der Waals surface area contributed by atoms with Gasteiger partial charge in [-0.05, 0) is 26.3 Å². The SMILES string of the molecule is Cc1cc(C)cc(C(C)N2CCN(CCC(=O)O)CC2)c1. The molecule has 0 spiro atoms. The highest BCUT2D eigenvalue weighted by Gasteiger charge is 2.22. The molecule has 1 N–H and O–H groups in total. The molecular weight excluding hydrogens is 264 g/mol. The third-order valence-electron chi connectivity index (χ3n) is 4.32. The van der Waals surface area contributed by atoms with Gasteiger partial charge in [-0.1, -0.05) is 29.3 Å². The standard InChI is InChI=1S/C17H26N2O2/c1-13-10-14(2)12-16(11-13)15(3)19-8-6-18(7-9-19)5-4-17(20)21/h10-12,15H,4-9H2,1-3H3,(H,20,21). The summed E-state index contributed by atoms with van der Waals surface area (Å²) in [7, 11) is 0. The predicted octanol–water partition coefficient (Wildman–Crippen LogP) is 2.46. The maximum Gasteiger partial charge on any atom is 0.304 e. The third kappa shape index (κ3) is 4.55. The van der Waals surface area contributed by atoms with Gasteiger partial charge in [0.05, 0.1) is 6.42 Å². The first kappa shape index (κ1) is 16.0. The second kappa shape index (κ2) is 7.05. The molecule has 1 aliphatic rings. The number of hydrogen-bond acceptors (Lipinski definition) is 3. The Kier molecular flexibility index (Phi) is 5.37. The molecule has 4 heteroatoms. The maximum absolute atomic E-state index is 10.6. The molecule has 1 aromatic carbocycles. The molecule has 0 radical (unpaired) electrons. The quantitative estimate of drug-likeness (QED) is 0.904. The van der Waals surface area contributed by atoms with E-state index in [9.17, 15) is 4.79 Å². The second-order valence-electron chi connectivity index (χ2n) is 6.12. The monoisotopic (exact) mass is 290 g/mol. The van der Waals surface area contributed by atoms with Gasteiger partial charge in [0.1, 0.15) is 0 Å². The highest BCUT2D eigenvalue weighted by molar-refractivity contribution is 5.66. The van der Waals surface area contributed by atoms with Gasteiger partial charge in [0.15, 0.2) is 0 Å². The van der Waals surface area contributed by atoms with Crippen molar-refractivity contribution in [3.8, 4) is 0 Å². The summed E-state index contributed by atoms with van der Waals surface area (Å²) < 4.78 is 0. The smallest absolute Gasteiger partial charge is 0.304 e. The Hall–Kier alpha value is -1.39. The van der Waals surface area contributed by atoms with Gasteiger partial charge < -0.3 is 10.0 Å². The molecule has 1 fully saturated rings. The molecule has 4 nitrogen and oxygen atoms in total. The fourth-order valence-electron chi connectivity index (χ4n) is 3.09.